The monoisotopic (exact) mass is 403 g/mol. The Morgan fingerprint density at radius 3 is 2.65 bits per heavy atom. The molecule has 0 bridgehead atoms. The van der Waals surface area contributed by atoms with E-state index < -0.39 is 10.7 Å². The van der Waals surface area contributed by atoms with E-state index in [9.17, 15) is 14.5 Å². The van der Waals surface area contributed by atoms with Crippen molar-refractivity contribution in [3.05, 3.63) is 62.4 Å². The maximum Gasteiger partial charge on any atom is 0.312 e. The molecule has 0 N–H and O–H groups in total. The molecule has 0 saturated heterocycles. The van der Waals surface area contributed by atoms with Gasteiger partial charge in [-0.1, -0.05) is 37.9 Å². The van der Waals surface area contributed by atoms with Gasteiger partial charge in [0.25, 0.3) is 0 Å². The molecule has 0 saturated carbocycles. The van der Waals surface area contributed by atoms with Crippen LogP contribution in [0, 0.1) is 15.9 Å². The van der Waals surface area contributed by atoms with E-state index in [1.807, 2.05) is 0 Å². The highest BCUT2D eigenvalue weighted by Gasteiger charge is 2.18. The number of ether oxygens (including phenoxy) is 1. The maximum atomic E-state index is 13.6. The van der Waals surface area contributed by atoms with Gasteiger partial charge in [0.1, 0.15) is 11.6 Å². The number of benzene rings is 2. The molecule has 0 unspecified atom stereocenters. The first-order valence-corrected chi connectivity index (χ1v) is 7.39. The molecule has 4 nitrogen and oxygen atoms in total. The second-order valence-electron chi connectivity index (χ2n) is 3.82. The minimum absolute atomic E-state index is 0.0611. The normalized spacial score (nSPS) is 10.3. The quantitative estimate of drug-likeness (QED) is 0.400. The van der Waals surface area contributed by atoms with Crippen LogP contribution in [0.25, 0.3) is 0 Å². The van der Waals surface area contributed by atoms with Crippen LogP contribution in [0.5, 0.6) is 11.5 Å². The van der Waals surface area contributed by atoms with Crippen molar-refractivity contribution in [3.63, 3.8) is 0 Å². The molecule has 20 heavy (non-hydrogen) atoms. The van der Waals surface area contributed by atoms with Gasteiger partial charge < -0.3 is 4.74 Å². The van der Waals surface area contributed by atoms with E-state index in [0.29, 0.717) is 10.0 Å². The molecule has 0 fully saturated rings. The van der Waals surface area contributed by atoms with Crippen molar-refractivity contribution in [2.45, 2.75) is 5.33 Å². The summed E-state index contributed by atoms with van der Waals surface area (Å²) < 4.78 is 19.7. The van der Waals surface area contributed by atoms with Crippen LogP contribution in [0.4, 0.5) is 10.1 Å². The first-order valence-electron chi connectivity index (χ1n) is 5.48. The van der Waals surface area contributed by atoms with Crippen LogP contribution >= 0.6 is 31.9 Å². The molecule has 0 aliphatic heterocycles. The molecule has 0 amide bonds. The Labute approximate surface area is 131 Å². The fourth-order valence-electron chi connectivity index (χ4n) is 1.60. The molecule has 0 spiro atoms. The second-order valence-corrected chi connectivity index (χ2v) is 5.30. The van der Waals surface area contributed by atoms with Gasteiger partial charge in [0, 0.05) is 21.4 Å². The zero-order chi connectivity index (χ0) is 14.7. The molecule has 2 rings (SSSR count). The Balaban J connectivity index is 2.45. The topological polar surface area (TPSA) is 52.4 Å². The lowest BCUT2D eigenvalue weighted by Crippen LogP contribution is -1.96. The fourth-order valence-corrected chi connectivity index (χ4v) is 2.50. The summed E-state index contributed by atoms with van der Waals surface area (Å²) in [6, 6.07) is 8.77. The lowest BCUT2D eigenvalue weighted by Gasteiger charge is -2.10. The Hall–Kier alpha value is -1.47. The third kappa shape index (κ3) is 3.16. The van der Waals surface area contributed by atoms with E-state index in [2.05, 4.69) is 31.9 Å². The smallest absolute Gasteiger partial charge is 0.312 e. The summed E-state index contributed by atoms with van der Waals surface area (Å²) in [6.07, 6.45) is 0. The summed E-state index contributed by atoms with van der Waals surface area (Å²) in [5.41, 5.74) is 0.119. The summed E-state index contributed by atoms with van der Waals surface area (Å²) in [5, 5.41) is 11.3. The number of nitrogens with zero attached hydrogens (tertiary/aromatic N) is 1. The van der Waals surface area contributed by atoms with E-state index in [-0.39, 0.29) is 22.5 Å². The summed E-state index contributed by atoms with van der Waals surface area (Å²) in [6.45, 7) is 0. The average Bonchev–Trinajstić information content (AvgIpc) is 2.41. The second kappa shape index (κ2) is 6.32. The van der Waals surface area contributed by atoms with E-state index in [4.69, 9.17) is 4.74 Å². The number of hydrogen-bond donors (Lipinski definition) is 0. The van der Waals surface area contributed by atoms with Crippen molar-refractivity contribution < 1.29 is 14.1 Å². The number of nitro groups is 1. The number of hydrogen-bond acceptors (Lipinski definition) is 3. The number of alkyl halides is 1. The Morgan fingerprint density at radius 2 is 2.00 bits per heavy atom. The van der Waals surface area contributed by atoms with Crippen LogP contribution < -0.4 is 4.74 Å². The van der Waals surface area contributed by atoms with Crippen molar-refractivity contribution in [3.8, 4) is 11.5 Å². The molecule has 0 heterocycles. The van der Waals surface area contributed by atoms with Crippen molar-refractivity contribution in [1.29, 1.82) is 0 Å². The molecular weight excluding hydrogens is 397 g/mol. The lowest BCUT2D eigenvalue weighted by atomic mass is 10.2. The molecule has 0 atom stereocenters. The molecule has 2 aromatic carbocycles. The van der Waals surface area contributed by atoms with Gasteiger partial charge in [-0.05, 0) is 24.3 Å². The van der Waals surface area contributed by atoms with Gasteiger partial charge in [-0.3, -0.25) is 10.1 Å². The van der Waals surface area contributed by atoms with E-state index in [1.165, 1.54) is 24.3 Å². The highest BCUT2D eigenvalue weighted by Crippen LogP contribution is 2.36. The number of rotatable bonds is 4. The summed E-state index contributed by atoms with van der Waals surface area (Å²) in [5.74, 6) is -0.127. The van der Waals surface area contributed by atoms with Gasteiger partial charge in [0.15, 0.2) is 0 Å². The van der Waals surface area contributed by atoms with Crippen LogP contribution in [0.15, 0.2) is 40.9 Å². The largest absolute Gasteiger partial charge is 0.450 e. The SMILES string of the molecule is O=[N+]([O-])c1cc(Br)ccc1Oc1cccc(F)c1CBr. The average molecular weight is 405 g/mol. The van der Waals surface area contributed by atoms with Crippen molar-refractivity contribution >= 4 is 37.5 Å². The minimum Gasteiger partial charge on any atom is -0.450 e. The van der Waals surface area contributed by atoms with Crippen LogP contribution in [0.1, 0.15) is 5.56 Å². The number of nitro benzene ring substituents is 1. The molecule has 2 aromatic rings. The van der Waals surface area contributed by atoms with Crippen molar-refractivity contribution in [2.24, 2.45) is 0 Å². The zero-order valence-corrected chi connectivity index (χ0v) is 13.1. The maximum absolute atomic E-state index is 13.6. The van der Waals surface area contributed by atoms with Gasteiger partial charge in [0.05, 0.1) is 4.92 Å². The van der Waals surface area contributed by atoms with Crippen LogP contribution in [0.2, 0.25) is 0 Å². The van der Waals surface area contributed by atoms with Gasteiger partial charge in [0.2, 0.25) is 5.75 Å². The van der Waals surface area contributed by atoms with Gasteiger partial charge in [-0.15, -0.1) is 0 Å². The zero-order valence-electron chi connectivity index (χ0n) is 9.98. The highest BCUT2D eigenvalue weighted by atomic mass is 79.9. The first-order chi connectivity index (χ1) is 9.52. The molecule has 104 valence electrons. The summed E-state index contributed by atoms with van der Waals surface area (Å²) in [7, 11) is 0. The predicted octanol–water partition coefficient (Wildman–Crippen LogP) is 5.18. The van der Waals surface area contributed by atoms with Gasteiger partial charge in [-0.25, -0.2) is 4.39 Å². The number of halogens is 3. The Bertz CT molecular complexity index is 664. The fraction of sp³-hybridized carbons (Fsp3) is 0.0769. The highest BCUT2D eigenvalue weighted by molar-refractivity contribution is 9.10. The van der Waals surface area contributed by atoms with Gasteiger partial charge in [-0.2, -0.15) is 0 Å². The minimum atomic E-state index is -0.548. The van der Waals surface area contributed by atoms with Crippen LogP contribution in [0.3, 0.4) is 0 Å². The standard InChI is InChI=1S/C13H8Br2FNO3/c14-7-9-10(16)2-1-3-12(9)20-13-5-4-8(15)6-11(13)17(18)19/h1-6H,7H2. The van der Waals surface area contributed by atoms with E-state index in [1.54, 1.807) is 12.1 Å². The molecule has 7 heteroatoms. The lowest BCUT2D eigenvalue weighted by molar-refractivity contribution is -0.385. The molecule has 0 aromatic heterocycles. The summed E-state index contributed by atoms with van der Waals surface area (Å²) in [4.78, 5) is 10.5. The van der Waals surface area contributed by atoms with Gasteiger partial charge >= 0.3 is 5.69 Å². The van der Waals surface area contributed by atoms with Crippen LogP contribution in [-0.4, -0.2) is 4.92 Å². The van der Waals surface area contributed by atoms with E-state index >= 15 is 0 Å². The van der Waals surface area contributed by atoms with Crippen LogP contribution in [-0.2, 0) is 5.33 Å². The Morgan fingerprint density at radius 1 is 1.25 bits per heavy atom. The molecule has 0 aliphatic rings. The van der Waals surface area contributed by atoms with Crippen molar-refractivity contribution in [1.82, 2.24) is 0 Å². The Kier molecular flexibility index (Phi) is 4.72. The summed E-state index contributed by atoms with van der Waals surface area (Å²) >= 11 is 6.33. The third-order valence-corrected chi connectivity index (χ3v) is 3.60. The first kappa shape index (κ1) is 14.9. The predicted molar refractivity (Wildman–Crippen MR) is 79.9 cm³/mol. The third-order valence-electron chi connectivity index (χ3n) is 2.55. The molecular formula is C13H8Br2FNO3. The van der Waals surface area contributed by atoms with E-state index in [0.717, 1.165) is 0 Å². The molecule has 0 aliphatic carbocycles. The van der Waals surface area contributed by atoms with Crippen molar-refractivity contribution in [2.75, 3.05) is 0 Å². The molecule has 0 radical (unpaired) electrons.